The van der Waals surface area contributed by atoms with E-state index < -0.39 is 0 Å². The molecule has 3 rings (SSSR count). The molecule has 1 heterocycles. The molecule has 3 N–H and O–H groups in total. The Kier molecular flexibility index (Phi) is 4.26. The average molecular weight is 286 g/mol. The Hall–Kier alpha value is -1.48. The van der Waals surface area contributed by atoms with Crippen LogP contribution in [-0.4, -0.2) is 6.04 Å². The van der Waals surface area contributed by atoms with E-state index >= 15 is 0 Å². The maximum Gasteiger partial charge on any atom is 0.0399 e. The SMILES string of the molecule is Nc1cccc(NC2CCCCC2)c1Cc1cccs1. The number of nitrogens with two attached hydrogens (primary N) is 1. The fourth-order valence-electron chi connectivity index (χ4n) is 2.99. The standard InChI is InChI=1S/C17H22N2S/c18-16-9-4-10-17(19-13-6-2-1-3-7-13)15(16)12-14-8-5-11-20-14/h4-5,8-11,13,19H,1-3,6-7,12,18H2. The Balaban J connectivity index is 1.80. The molecule has 0 aliphatic heterocycles. The fraction of sp³-hybridized carbons (Fsp3) is 0.412. The molecule has 0 radical (unpaired) electrons. The second-order valence-electron chi connectivity index (χ2n) is 5.61. The first-order valence-electron chi connectivity index (χ1n) is 7.49. The van der Waals surface area contributed by atoms with Crippen LogP contribution in [0.25, 0.3) is 0 Å². The average Bonchev–Trinajstić information content (AvgIpc) is 2.97. The van der Waals surface area contributed by atoms with E-state index in [2.05, 4.69) is 35.0 Å². The van der Waals surface area contributed by atoms with Gasteiger partial charge in [0.1, 0.15) is 0 Å². The van der Waals surface area contributed by atoms with E-state index in [-0.39, 0.29) is 0 Å². The molecular formula is C17H22N2S. The first-order valence-corrected chi connectivity index (χ1v) is 8.37. The van der Waals surface area contributed by atoms with Crippen molar-refractivity contribution in [3.05, 3.63) is 46.2 Å². The van der Waals surface area contributed by atoms with E-state index in [1.165, 1.54) is 48.2 Å². The topological polar surface area (TPSA) is 38.0 Å². The van der Waals surface area contributed by atoms with Crippen LogP contribution in [0.4, 0.5) is 11.4 Å². The highest BCUT2D eigenvalue weighted by molar-refractivity contribution is 7.09. The summed E-state index contributed by atoms with van der Waals surface area (Å²) in [5, 5.41) is 5.86. The van der Waals surface area contributed by atoms with Gasteiger partial charge in [0, 0.05) is 34.3 Å². The molecule has 1 aromatic heterocycles. The fourth-order valence-corrected chi connectivity index (χ4v) is 3.71. The summed E-state index contributed by atoms with van der Waals surface area (Å²) in [7, 11) is 0. The van der Waals surface area contributed by atoms with Crippen molar-refractivity contribution in [2.45, 2.75) is 44.6 Å². The zero-order chi connectivity index (χ0) is 13.8. The van der Waals surface area contributed by atoms with Crippen LogP contribution in [-0.2, 0) is 6.42 Å². The van der Waals surface area contributed by atoms with E-state index in [1.54, 1.807) is 11.3 Å². The first kappa shape index (κ1) is 13.5. The van der Waals surface area contributed by atoms with Crippen LogP contribution < -0.4 is 11.1 Å². The summed E-state index contributed by atoms with van der Waals surface area (Å²) in [6, 6.07) is 11.1. The molecule has 2 aromatic rings. The van der Waals surface area contributed by atoms with Crippen molar-refractivity contribution < 1.29 is 0 Å². The minimum atomic E-state index is 0.618. The molecule has 0 amide bonds. The van der Waals surface area contributed by atoms with Crippen molar-refractivity contribution in [3.63, 3.8) is 0 Å². The number of hydrogen-bond donors (Lipinski definition) is 2. The lowest BCUT2D eigenvalue weighted by atomic mass is 9.94. The predicted molar refractivity (Wildman–Crippen MR) is 88.5 cm³/mol. The predicted octanol–water partition coefficient (Wildman–Crippen LogP) is 4.67. The molecule has 3 heteroatoms. The van der Waals surface area contributed by atoms with Gasteiger partial charge in [-0.15, -0.1) is 11.3 Å². The molecular weight excluding hydrogens is 264 g/mol. The molecule has 0 atom stereocenters. The molecule has 1 saturated carbocycles. The highest BCUT2D eigenvalue weighted by Gasteiger charge is 2.15. The zero-order valence-electron chi connectivity index (χ0n) is 11.8. The summed E-state index contributed by atoms with van der Waals surface area (Å²) >= 11 is 1.80. The van der Waals surface area contributed by atoms with Crippen molar-refractivity contribution in [1.29, 1.82) is 0 Å². The number of nitrogen functional groups attached to an aromatic ring is 1. The first-order chi connectivity index (χ1) is 9.83. The number of benzene rings is 1. The van der Waals surface area contributed by atoms with Gasteiger partial charge in [-0.05, 0) is 36.4 Å². The van der Waals surface area contributed by atoms with Gasteiger partial charge in [0.05, 0.1) is 0 Å². The zero-order valence-corrected chi connectivity index (χ0v) is 12.6. The van der Waals surface area contributed by atoms with Crippen LogP contribution in [0.3, 0.4) is 0 Å². The maximum absolute atomic E-state index is 6.21. The van der Waals surface area contributed by atoms with E-state index in [0.29, 0.717) is 6.04 Å². The Morgan fingerprint density at radius 1 is 1.10 bits per heavy atom. The number of rotatable bonds is 4. The van der Waals surface area contributed by atoms with Gasteiger partial charge in [0.15, 0.2) is 0 Å². The molecule has 1 aliphatic carbocycles. The van der Waals surface area contributed by atoms with Gasteiger partial charge in [-0.2, -0.15) is 0 Å². The summed E-state index contributed by atoms with van der Waals surface area (Å²) in [6.45, 7) is 0. The quantitative estimate of drug-likeness (QED) is 0.802. The number of nitrogens with one attached hydrogen (secondary N) is 1. The summed E-state index contributed by atoms with van der Waals surface area (Å²) in [5.41, 5.74) is 9.59. The van der Waals surface area contributed by atoms with Crippen LogP contribution in [0.15, 0.2) is 35.7 Å². The van der Waals surface area contributed by atoms with E-state index in [4.69, 9.17) is 5.73 Å². The molecule has 1 fully saturated rings. The van der Waals surface area contributed by atoms with Crippen molar-refractivity contribution in [2.75, 3.05) is 11.1 Å². The van der Waals surface area contributed by atoms with Crippen LogP contribution >= 0.6 is 11.3 Å². The molecule has 0 saturated heterocycles. The van der Waals surface area contributed by atoms with Crippen molar-refractivity contribution in [1.82, 2.24) is 0 Å². The van der Waals surface area contributed by atoms with Gasteiger partial charge in [0.2, 0.25) is 0 Å². The van der Waals surface area contributed by atoms with Gasteiger partial charge in [-0.25, -0.2) is 0 Å². The Morgan fingerprint density at radius 3 is 2.70 bits per heavy atom. The monoisotopic (exact) mass is 286 g/mol. The molecule has 106 valence electrons. The Labute approximate surface area is 125 Å². The lowest BCUT2D eigenvalue weighted by Gasteiger charge is -2.25. The van der Waals surface area contributed by atoms with Crippen LogP contribution in [0.1, 0.15) is 42.5 Å². The highest BCUT2D eigenvalue weighted by atomic mass is 32.1. The maximum atomic E-state index is 6.21. The minimum absolute atomic E-state index is 0.618. The smallest absolute Gasteiger partial charge is 0.0399 e. The third kappa shape index (κ3) is 3.15. The second-order valence-corrected chi connectivity index (χ2v) is 6.64. The third-order valence-corrected chi connectivity index (χ3v) is 4.98. The number of thiophene rings is 1. The summed E-state index contributed by atoms with van der Waals surface area (Å²) in [4.78, 5) is 1.37. The summed E-state index contributed by atoms with van der Waals surface area (Å²) in [5.74, 6) is 0. The Bertz CT molecular complexity index is 542. The van der Waals surface area contributed by atoms with E-state index in [0.717, 1.165) is 12.1 Å². The molecule has 1 aliphatic rings. The van der Waals surface area contributed by atoms with Crippen LogP contribution in [0, 0.1) is 0 Å². The molecule has 20 heavy (non-hydrogen) atoms. The van der Waals surface area contributed by atoms with Crippen molar-refractivity contribution >= 4 is 22.7 Å². The van der Waals surface area contributed by atoms with Gasteiger partial charge >= 0.3 is 0 Å². The van der Waals surface area contributed by atoms with Crippen molar-refractivity contribution in [3.8, 4) is 0 Å². The van der Waals surface area contributed by atoms with Gasteiger partial charge in [0.25, 0.3) is 0 Å². The van der Waals surface area contributed by atoms with E-state index in [1.807, 2.05) is 6.07 Å². The van der Waals surface area contributed by atoms with Crippen LogP contribution in [0.5, 0.6) is 0 Å². The number of anilines is 2. The van der Waals surface area contributed by atoms with Crippen LogP contribution in [0.2, 0.25) is 0 Å². The summed E-state index contributed by atoms with van der Waals surface area (Å²) < 4.78 is 0. The summed E-state index contributed by atoms with van der Waals surface area (Å²) in [6.07, 6.45) is 7.58. The molecule has 0 spiro atoms. The molecule has 0 unspecified atom stereocenters. The van der Waals surface area contributed by atoms with Gasteiger partial charge in [-0.1, -0.05) is 31.4 Å². The Morgan fingerprint density at radius 2 is 1.95 bits per heavy atom. The number of hydrogen-bond acceptors (Lipinski definition) is 3. The van der Waals surface area contributed by atoms with Gasteiger partial charge in [-0.3, -0.25) is 0 Å². The van der Waals surface area contributed by atoms with Crippen molar-refractivity contribution in [2.24, 2.45) is 0 Å². The molecule has 0 bridgehead atoms. The molecule has 1 aromatic carbocycles. The lowest BCUT2D eigenvalue weighted by Crippen LogP contribution is -2.23. The van der Waals surface area contributed by atoms with E-state index in [9.17, 15) is 0 Å². The molecule has 2 nitrogen and oxygen atoms in total. The lowest BCUT2D eigenvalue weighted by molar-refractivity contribution is 0.462. The third-order valence-electron chi connectivity index (χ3n) is 4.11. The van der Waals surface area contributed by atoms with Gasteiger partial charge < -0.3 is 11.1 Å². The largest absolute Gasteiger partial charge is 0.398 e. The normalized spacial score (nSPS) is 16.2. The minimum Gasteiger partial charge on any atom is -0.398 e. The highest BCUT2D eigenvalue weighted by Crippen LogP contribution is 2.29. The second kappa shape index (κ2) is 6.31.